The highest BCUT2D eigenvalue weighted by atomic mass is 16.5. The number of likely N-dealkylation sites (tertiary alicyclic amines) is 1. The fourth-order valence-corrected chi connectivity index (χ4v) is 3.31. The van der Waals surface area contributed by atoms with E-state index in [0.29, 0.717) is 12.5 Å². The van der Waals surface area contributed by atoms with Crippen molar-refractivity contribution in [1.82, 2.24) is 10.2 Å². The maximum atomic E-state index is 12.0. The molecule has 1 aliphatic heterocycles. The Morgan fingerprint density at radius 2 is 2.05 bits per heavy atom. The van der Waals surface area contributed by atoms with Gasteiger partial charge in [-0.3, -0.25) is 4.90 Å². The number of hydrogen-bond acceptors (Lipinski definition) is 3. The quantitative estimate of drug-likeness (QED) is 0.908. The van der Waals surface area contributed by atoms with Gasteiger partial charge in [0.1, 0.15) is 6.61 Å². The van der Waals surface area contributed by atoms with Crippen LogP contribution in [0.15, 0.2) is 30.3 Å². The molecule has 120 valence electrons. The molecule has 4 nitrogen and oxygen atoms in total. The summed E-state index contributed by atoms with van der Waals surface area (Å²) in [6.45, 7) is 4.74. The summed E-state index contributed by atoms with van der Waals surface area (Å²) in [6.07, 6.45) is 4.60. The Labute approximate surface area is 132 Å². The van der Waals surface area contributed by atoms with E-state index in [1.807, 2.05) is 30.3 Å². The van der Waals surface area contributed by atoms with Crippen molar-refractivity contribution in [1.29, 1.82) is 0 Å². The SMILES string of the molecule is CCC1CC(NC(=O)OCc2ccccc2)CN(C2CC2)C1. The number of alkyl carbamates (subject to hydrolysis) is 1. The topological polar surface area (TPSA) is 41.6 Å². The molecule has 2 fully saturated rings. The first-order valence-electron chi connectivity index (χ1n) is 8.46. The van der Waals surface area contributed by atoms with Gasteiger partial charge in [0, 0.05) is 25.2 Å². The zero-order chi connectivity index (χ0) is 15.4. The van der Waals surface area contributed by atoms with Gasteiger partial charge in [-0.15, -0.1) is 0 Å². The average Bonchev–Trinajstić information content (AvgIpc) is 3.38. The van der Waals surface area contributed by atoms with Crippen LogP contribution in [0.5, 0.6) is 0 Å². The van der Waals surface area contributed by atoms with Crippen molar-refractivity contribution in [3.63, 3.8) is 0 Å². The van der Waals surface area contributed by atoms with Crippen LogP contribution in [-0.4, -0.2) is 36.2 Å². The third-order valence-corrected chi connectivity index (χ3v) is 4.74. The van der Waals surface area contributed by atoms with Crippen molar-refractivity contribution in [2.75, 3.05) is 13.1 Å². The molecule has 4 heteroatoms. The molecule has 3 rings (SSSR count). The van der Waals surface area contributed by atoms with Crippen LogP contribution >= 0.6 is 0 Å². The van der Waals surface area contributed by atoms with Gasteiger partial charge >= 0.3 is 6.09 Å². The smallest absolute Gasteiger partial charge is 0.407 e. The number of carbonyl (C=O) groups excluding carboxylic acids is 1. The number of rotatable bonds is 5. The Kier molecular flexibility index (Phi) is 4.98. The molecule has 0 aromatic heterocycles. The van der Waals surface area contributed by atoms with Crippen LogP contribution in [0.4, 0.5) is 4.79 Å². The molecule has 1 heterocycles. The number of piperidine rings is 1. The number of hydrogen-bond donors (Lipinski definition) is 1. The zero-order valence-corrected chi connectivity index (χ0v) is 13.3. The van der Waals surface area contributed by atoms with Gasteiger partial charge in [0.25, 0.3) is 0 Å². The molecule has 1 amide bonds. The van der Waals surface area contributed by atoms with Crippen LogP contribution in [0.25, 0.3) is 0 Å². The first-order chi connectivity index (χ1) is 10.7. The lowest BCUT2D eigenvalue weighted by atomic mass is 9.92. The van der Waals surface area contributed by atoms with Crippen LogP contribution in [0.2, 0.25) is 0 Å². The Hall–Kier alpha value is -1.55. The van der Waals surface area contributed by atoms with Gasteiger partial charge in [-0.05, 0) is 30.7 Å². The monoisotopic (exact) mass is 302 g/mol. The summed E-state index contributed by atoms with van der Waals surface area (Å²) >= 11 is 0. The highest BCUT2D eigenvalue weighted by Gasteiger charge is 2.36. The molecule has 2 unspecified atom stereocenters. The van der Waals surface area contributed by atoms with Gasteiger partial charge in [-0.2, -0.15) is 0 Å². The minimum atomic E-state index is -0.290. The van der Waals surface area contributed by atoms with Crippen molar-refractivity contribution in [2.24, 2.45) is 5.92 Å². The van der Waals surface area contributed by atoms with E-state index in [2.05, 4.69) is 17.1 Å². The number of carbonyl (C=O) groups is 1. The second-order valence-electron chi connectivity index (χ2n) is 6.60. The molecule has 2 aliphatic rings. The molecule has 1 saturated heterocycles. The van der Waals surface area contributed by atoms with Crippen molar-refractivity contribution >= 4 is 6.09 Å². The molecule has 0 bridgehead atoms. The largest absolute Gasteiger partial charge is 0.445 e. The third-order valence-electron chi connectivity index (χ3n) is 4.74. The summed E-state index contributed by atoms with van der Waals surface area (Å²) in [5.41, 5.74) is 1.02. The standard InChI is InChI=1S/C18H26N2O2/c1-2-14-10-16(12-20(11-14)17-8-9-17)19-18(21)22-13-15-6-4-3-5-7-15/h3-7,14,16-17H,2,8-13H2,1H3,(H,19,21). The number of nitrogens with zero attached hydrogens (tertiary/aromatic N) is 1. The molecule has 0 radical (unpaired) electrons. The lowest BCUT2D eigenvalue weighted by Gasteiger charge is -2.37. The van der Waals surface area contributed by atoms with Gasteiger partial charge in [0.15, 0.2) is 0 Å². The highest BCUT2D eigenvalue weighted by molar-refractivity contribution is 5.67. The first-order valence-corrected chi connectivity index (χ1v) is 8.46. The fourth-order valence-electron chi connectivity index (χ4n) is 3.31. The molecular formula is C18H26N2O2. The van der Waals surface area contributed by atoms with Crippen molar-refractivity contribution < 1.29 is 9.53 Å². The predicted molar refractivity (Wildman–Crippen MR) is 86.5 cm³/mol. The summed E-state index contributed by atoms with van der Waals surface area (Å²) in [5, 5.41) is 3.06. The number of nitrogens with one attached hydrogen (secondary N) is 1. The lowest BCUT2D eigenvalue weighted by Crippen LogP contribution is -2.51. The van der Waals surface area contributed by atoms with E-state index >= 15 is 0 Å². The van der Waals surface area contributed by atoms with Crippen molar-refractivity contribution in [3.05, 3.63) is 35.9 Å². The zero-order valence-electron chi connectivity index (χ0n) is 13.3. The van der Waals surface area contributed by atoms with Crippen molar-refractivity contribution in [3.8, 4) is 0 Å². The van der Waals surface area contributed by atoms with E-state index in [0.717, 1.165) is 24.6 Å². The Balaban J connectivity index is 1.47. The average molecular weight is 302 g/mol. The lowest BCUT2D eigenvalue weighted by molar-refractivity contribution is 0.106. The summed E-state index contributed by atoms with van der Waals surface area (Å²) < 4.78 is 5.34. The molecule has 0 spiro atoms. The van der Waals surface area contributed by atoms with E-state index < -0.39 is 0 Å². The maximum absolute atomic E-state index is 12.0. The van der Waals surface area contributed by atoms with Crippen LogP contribution in [0.1, 0.15) is 38.2 Å². The Morgan fingerprint density at radius 3 is 2.73 bits per heavy atom. The van der Waals surface area contributed by atoms with Crippen LogP contribution in [-0.2, 0) is 11.3 Å². The number of amides is 1. The van der Waals surface area contributed by atoms with Gasteiger partial charge in [0.05, 0.1) is 0 Å². The molecule has 1 saturated carbocycles. The number of benzene rings is 1. The van der Waals surface area contributed by atoms with Crippen LogP contribution < -0.4 is 5.32 Å². The van der Waals surface area contributed by atoms with E-state index in [-0.39, 0.29) is 12.1 Å². The molecule has 1 aromatic carbocycles. The van der Waals surface area contributed by atoms with E-state index in [9.17, 15) is 4.79 Å². The minimum Gasteiger partial charge on any atom is -0.445 e. The Bertz CT molecular complexity index is 487. The molecule has 2 atom stereocenters. The summed E-state index contributed by atoms with van der Waals surface area (Å²) in [4.78, 5) is 14.6. The minimum absolute atomic E-state index is 0.225. The molecular weight excluding hydrogens is 276 g/mol. The van der Waals surface area contributed by atoms with Gasteiger partial charge in [-0.1, -0.05) is 43.7 Å². The fraction of sp³-hybridized carbons (Fsp3) is 0.611. The Morgan fingerprint density at radius 1 is 1.27 bits per heavy atom. The van der Waals surface area contributed by atoms with E-state index in [1.54, 1.807) is 0 Å². The van der Waals surface area contributed by atoms with Gasteiger partial charge in [-0.25, -0.2) is 4.79 Å². The molecule has 22 heavy (non-hydrogen) atoms. The highest BCUT2D eigenvalue weighted by Crippen LogP contribution is 2.31. The van der Waals surface area contributed by atoms with Crippen molar-refractivity contribution in [2.45, 2.75) is 51.3 Å². The predicted octanol–water partition coefficient (Wildman–Crippen LogP) is 3.18. The number of ether oxygens (including phenoxy) is 1. The maximum Gasteiger partial charge on any atom is 0.407 e. The second-order valence-corrected chi connectivity index (χ2v) is 6.60. The third kappa shape index (κ3) is 4.23. The normalized spacial score (nSPS) is 25.7. The van der Waals surface area contributed by atoms with Crippen LogP contribution in [0.3, 0.4) is 0 Å². The first kappa shape index (κ1) is 15.3. The molecule has 1 aliphatic carbocycles. The molecule has 1 N–H and O–H groups in total. The summed E-state index contributed by atoms with van der Waals surface area (Å²) in [5.74, 6) is 0.689. The summed E-state index contributed by atoms with van der Waals surface area (Å²) in [6, 6.07) is 10.8. The van der Waals surface area contributed by atoms with Gasteiger partial charge < -0.3 is 10.1 Å². The summed E-state index contributed by atoms with van der Waals surface area (Å²) in [7, 11) is 0. The van der Waals surface area contributed by atoms with Crippen LogP contribution in [0, 0.1) is 5.92 Å². The van der Waals surface area contributed by atoms with E-state index in [4.69, 9.17) is 4.74 Å². The molecule has 1 aromatic rings. The second kappa shape index (κ2) is 7.14. The van der Waals surface area contributed by atoms with Gasteiger partial charge in [0.2, 0.25) is 0 Å². The van der Waals surface area contributed by atoms with E-state index in [1.165, 1.54) is 25.8 Å².